The van der Waals surface area contributed by atoms with Gasteiger partial charge in [-0.25, -0.2) is 0 Å². The molecule has 1 N–H and O–H groups in total. The molecule has 0 radical (unpaired) electrons. The van der Waals surface area contributed by atoms with Gasteiger partial charge in [0.25, 0.3) is 5.91 Å². The minimum absolute atomic E-state index is 0.153. The highest BCUT2D eigenvalue weighted by molar-refractivity contribution is 6.08. The predicted octanol–water partition coefficient (Wildman–Crippen LogP) is 3.21. The Morgan fingerprint density at radius 3 is 2.75 bits per heavy atom. The Bertz CT molecular complexity index is 751. The van der Waals surface area contributed by atoms with E-state index < -0.39 is 0 Å². The molecule has 2 aromatic rings. The van der Waals surface area contributed by atoms with Gasteiger partial charge >= 0.3 is 0 Å². The number of nitrogens with one attached hydrogen (secondary N) is 1. The average molecular weight is 325 g/mol. The number of hydrogen-bond acceptors (Lipinski definition) is 4. The van der Waals surface area contributed by atoms with E-state index in [4.69, 9.17) is 14.2 Å². The van der Waals surface area contributed by atoms with Crippen molar-refractivity contribution in [2.75, 3.05) is 25.1 Å². The summed E-state index contributed by atoms with van der Waals surface area (Å²) in [6.45, 7) is 3.78. The first-order valence-electron chi connectivity index (χ1n) is 8.25. The Labute approximate surface area is 140 Å². The van der Waals surface area contributed by atoms with Crippen LogP contribution in [0.15, 0.2) is 30.3 Å². The highest BCUT2D eigenvalue weighted by Crippen LogP contribution is 2.40. The Hall–Kier alpha value is -2.69. The van der Waals surface area contributed by atoms with Crippen molar-refractivity contribution in [2.45, 2.75) is 19.8 Å². The average Bonchev–Trinajstić information content (AvgIpc) is 3.23. The predicted molar refractivity (Wildman–Crippen MR) is 90.4 cm³/mol. The van der Waals surface area contributed by atoms with E-state index in [1.54, 1.807) is 0 Å². The van der Waals surface area contributed by atoms with Crippen LogP contribution in [0.3, 0.4) is 0 Å². The van der Waals surface area contributed by atoms with E-state index in [9.17, 15) is 4.79 Å². The molecule has 5 heteroatoms. The second-order valence-electron chi connectivity index (χ2n) is 5.82. The molecule has 0 aliphatic carbocycles. The maximum absolute atomic E-state index is 12.9. The summed E-state index contributed by atoms with van der Waals surface area (Å²) >= 11 is 0. The molecule has 0 saturated heterocycles. The Kier molecular flexibility index (Phi) is 3.76. The standard InChI is InChI=1S/C19H19NO4/c1-2-22-14-5-3-13(4-6-14)20-19(21)17-15-8-10-23-16(15)11-12-7-9-24-18(12)17/h3-6,11H,2,7-10H2,1H3,(H,20,21). The summed E-state index contributed by atoms with van der Waals surface area (Å²) in [6, 6.07) is 9.38. The van der Waals surface area contributed by atoms with E-state index in [0.717, 1.165) is 41.2 Å². The molecule has 0 atom stereocenters. The number of benzene rings is 2. The van der Waals surface area contributed by atoms with E-state index in [0.29, 0.717) is 31.1 Å². The molecule has 0 fully saturated rings. The van der Waals surface area contributed by atoms with Crippen LogP contribution < -0.4 is 19.5 Å². The monoisotopic (exact) mass is 325 g/mol. The number of carbonyl (C=O) groups is 1. The van der Waals surface area contributed by atoms with Gasteiger partial charge in [-0.15, -0.1) is 0 Å². The van der Waals surface area contributed by atoms with Gasteiger partial charge in [-0.2, -0.15) is 0 Å². The summed E-state index contributed by atoms with van der Waals surface area (Å²) in [5.74, 6) is 2.16. The minimum Gasteiger partial charge on any atom is -0.494 e. The number of rotatable bonds is 4. The Balaban J connectivity index is 1.63. The smallest absolute Gasteiger partial charge is 0.259 e. The number of fused-ring (bicyclic) bond motifs is 2. The molecule has 5 nitrogen and oxygen atoms in total. The Morgan fingerprint density at radius 2 is 1.96 bits per heavy atom. The maximum atomic E-state index is 12.9. The van der Waals surface area contributed by atoms with Crippen molar-refractivity contribution < 1.29 is 19.0 Å². The van der Waals surface area contributed by atoms with Crippen LogP contribution in [-0.4, -0.2) is 25.7 Å². The normalized spacial score (nSPS) is 14.4. The van der Waals surface area contributed by atoms with Crippen molar-refractivity contribution in [3.8, 4) is 17.2 Å². The highest BCUT2D eigenvalue weighted by Gasteiger charge is 2.30. The molecule has 0 spiro atoms. The van der Waals surface area contributed by atoms with Crippen LogP contribution in [-0.2, 0) is 12.8 Å². The first-order valence-corrected chi connectivity index (χ1v) is 8.25. The lowest BCUT2D eigenvalue weighted by Gasteiger charge is -2.13. The van der Waals surface area contributed by atoms with Gasteiger partial charge in [0.05, 0.1) is 25.4 Å². The lowest BCUT2D eigenvalue weighted by atomic mass is 9.99. The first-order chi connectivity index (χ1) is 11.8. The molecular weight excluding hydrogens is 306 g/mol. The highest BCUT2D eigenvalue weighted by atomic mass is 16.5. The number of carbonyl (C=O) groups excluding carboxylic acids is 1. The van der Waals surface area contributed by atoms with E-state index in [1.807, 2.05) is 37.3 Å². The van der Waals surface area contributed by atoms with Crippen molar-refractivity contribution in [2.24, 2.45) is 0 Å². The van der Waals surface area contributed by atoms with E-state index in [1.165, 1.54) is 0 Å². The van der Waals surface area contributed by atoms with Crippen molar-refractivity contribution in [1.29, 1.82) is 0 Å². The van der Waals surface area contributed by atoms with Crippen molar-refractivity contribution in [1.82, 2.24) is 0 Å². The summed E-state index contributed by atoms with van der Waals surface area (Å²) in [4.78, 5) is 12.9. The van der Waals surface area contributed by atoms with Crippen LogP contribution >= 0.6 is 0 Å². The third kappa shape index (κ3) is 2.56. The SMILES string of the molecule is CCOc1ccc(NC(=O)c2c3c(cc4c2OCC4)OCC3)cc1. The van der Waals surface area contributed by atoms with Crippen LogP contribution in [0.2, 0.25) is 0 Å². The van der Waals surface area contributed by atoms with Crippen LogP contribution in [0.1, 0.15) is 28.4 Å². The topological polar surface area (TPSA) is 56.8 Å². The molecule has 2 aliphatic heterocycles. The molecule has 4 rings (SSSR count). The second kappa shape index (κ2) is 6.07. The van der Waals surface area contributed by atoms with E-state index in [-0.39, 0.29) is 5.91 Å². The summed E-state index contributed by atoms with van der Waals surface area (Å²) in [5, 5.41) is 2.96. The van der Waals surface area contributed by atoms with E-state index >= 15 is 0 Å². The van der Waals surface area contributed by atoms with Crippen LogP contribution in [0.5, 0.6) is 17.2 Å². The molecule has 24 heavy (non-hydrogen) atoms. The zero-order chi connectivity index (χ0) is 16.5. The molecular formula is C19H19NO4. The summed E-state index contributed by atoms with van der Waals surface area (Å²) < 4.78 is 16.8. The van der Waals surface area contributed by atoms with Gasteiger partial charge in [0.2, 0.25) is 0 Å². The van der Waals surface area contributed by atoms with Crippen molar-refractivity contribution in [3.63, 3.8) is 0 Å². The molecule has 2 aromatic carbocycles. The zero-order valence-corrected chi connectivity index (χ0v) is 13.6. The van der Waals surface area contributed by atoms with Gasteiger partial charge in [-0.3, -0.25) is 4.79 Å². The van der Waals surface area contributed by atoms with Crippen LogP contribution in [0.4, 0.5) is 5.69 Å². The fourth-order valence-electron chi connectivity index (χ4n) is 3.22. The molecule has 2 aliphatic rings. The molecule has 124 valence electrons. The van der Waals surface area contributed by atoms with Gasteiger partial charge in [0.15, 0.2) is 0 Å². The number of ether oxygens (including phenoxy) is 3. The van der Waals surface area contributed by atoms with Crippen LogP contribution in [0.25, 0.3) is 0 Å². The molecule has 0 unspecified atom stereocenters. The zero-order valence-electron chi connectivity index (χ0n) is 13.6. The van der Waals surface area contributed by atoms with Gasteiger partial charge in [-0.05, 0) is 37.3 Å². The fraction of sp³-hybridized carbons (Fsp3) is 0.316. The molecule has 0 saturated carbocycles. The second-order valence-corrected chi connectivity index (χ2v) is 5.82. The maximum Gasteiger partial charge on any atom is 0.259 e. The Morgan fingerprint density at radius 1 is 1.17 bits per heavy atom. The van der Waals surface area contributed by atoms with Crippen molar-refractivity contribution in [3.05, 3.63) is 47.0 Å². The fourth-order valence-corrected chi connectivity index (χ4v) is 3.22. The van der Waals surface area contributed by atoms with Gasteiger partial charge in [0.1, 0.15) is 17.2 Å². The van der Waals surface area contributed by atoms with Crippen LogP contribution in [0, 0.1) is 0 Å². The largest absolute Gasteiger partial charge is 0.494 e. The van der Waals surface area contributed by atoms with Gasteiger partial charge in [0, 0.05) is 29.7 Å². The number of anilines is 1. The molecule has 2 heterocycles. The molecule has 1 amide bonds. The minimum atomic E-state index is -0.153. The quantitative estimate of drug-likeness (QED) is 0.938. The summed E-state index contributed by atoms with van der Waals surface area (Å²) in [6.07, 6.45) is 1.55. The third-order valence-electron chi connectivity index (χ3n) is 4.30. The lowest BCUT2D eigenvalue weighted by molar-refractivity contribution is 0.102. The number of amides is 1. The van der Waals surface area contributed by atoms with Gasteiger partial charge in [-0.1, -0.05) is 0 Å². The summed E-state index contributed by atoms with van der Waals surface area (Å²) in [5.41, 5.74) is 3.34. The third-order valence-corrected chi connectivity index (χ3v) is 4.30. The van der Waals surface area contributed by atoms with E-state index in [2.05, 4.69) is 5.32 Å². The molecule has 0 bridgehead atoms. The van der Waals surface area contributed by atoms with Crippen molar-refractivity contribution >= 4 is 11.6 Å². The number of hydrogen-bond donors (Lipinski definition) is 1. The van der Waals surface area contributed by atoms with Gasteiger partial charge < -0.3 is 19.5 Å². The lowest BCUT2D eigenvalue weighted by Crippen LogP contribution is -2.15. The first kappa shape index (κ1) is 14.9. The molecule has 0 aromatic heterocycles. The summed E-state index contributed by atoms with van der Waals surface area (Å²) in [7, 11) is 0.